The van der Waals surface area contributed by atoms with Crippen LogP contribution in [-0.2, 0) is 27.6 Å². The lowest BCUT2D eigenvalue weighted by Gasteiger charge is -2.35. The summed E-state index contributed by atoms with van der Waals surface area (Å²) in [7, 11) is -2.09. The van der Waals surface area contributed by atoms with Gasteiger partial charge in [-0.2, -0.15) is 4.31 Å². The van der Waals surface area contributed by atoms with Gasteiger partial charge in [0.15, 0.2) is 5.82 Å². The summed E-state index contributed by atoms with van der Waals surface area (Å²) in [6.07, 6.45) is 4.14. The van der Waals surface area contributed by atoms with Crippen molar-refractivity contribution in [1.29, 1.82) is 0 Å². The van der Waals surface area contributed by atoms with E-state index in [0.717, 1.165) is 9.87 Å². The molecule has 0 aliphatic carbocycles. The van der Waals surface area contributed by atoms with E-state index >= 15 is 0 Å². The molecule has 3 aliphatic heterocycles. The number of sulfonamides is 1. The Bertz CT molecular complexity index is 1640. The molecule has 5 heterocycles. The number of benzene rings is 1. The van der Waals surface area contributed by atoms with Crippen LogP contribution in [0.4, 0.5) is 27.8 Å². The minimum Gasteiger partial charge on any atom is -0.493 e. The predicted octanol–water partition coefficient (Wildman–Crippen LogP) is 2.99. The number of pyridine rings is 2. The van der Waals surface area contributed by atoms with Gasteiger partial charge in [-0.1, -0.05) is 6.07 Å². The molecule has 1 fully saturated rings. The quantitative estimate of drug-likeness (QED) is 0.440. The highest BCUT2D eigenvalue weighted by atomic mass is 32.2. The second-order valence-electron chi connectivity index (χ2n) is 10.2. The number of urea groups is 1. The Morgan fingerprint density at radius 3 is 2.64 bits per heavy atom. The zero-order chi connectivity index (χ0) is 29.4. The highest BCUT2D eigenvalue weighted by molar-refractivity contribution is 7.93. The van der Waals surface area contributed by atoms with Crippen molar-refractivity contribution in [3.63, 3.8) is 0 Å². The van der Waals surface area contributed by atoms with E-state index in [0.29, 0.717) is 79.2 Å². The molecule has 220 valence electrons. The highest BCUT2D eigenvalue weighted by Gasteiger charge is 2.39. The van der Waals surface area contributed by atoms with Gasteiger partial charge in [0, 0.05) is 51.1 Å². The standard InChI is InChI=1S/C29H32N6O6S/c1-3-34-26-22(28(36)32(2)24-7-5-11-30-27(24)34)18-20(19-31-26)9-14-41-25-8-4-6-23-21(25)10-17-42(38,39)35(23)29(37)33-12-15-40-16-13-33/h4-8,11,18-19H,3,9-10,12-17H2,1-2H3. The van der Waals surface area contributed by atoms with E-state index in [9.17, 15) is 18.0 Å². The molecule has 0 bridgehead atoms. The van der Waals surface area contributed by atoms with E-state index in [1.807, 2.05) is 24.0 Å². The van der Waals surface area contributed by atoms with E-state index in [-0.39, 0.29) is 24.7 Å². The Labute approximate surface area is 244 Å². The molecule has 6 rings (SSSR count). The van der Waals surface area contributed by atoms with E-state index in [1.54, 1.807) is 48.6 Å². The van der Waals surface area contributed by atoms with Crippen molar-refractivity contribution in [2.45, 2.75) is 19.8 Å². The van der Waals surface area contributed by atoms with Crippen molar-refractivity contribution < 1.29 is 27.5 Å². The van der Waals surface area contributed by atoms with Crippen LogP contribution in [0.15, 0.2) is 48.8 Å². The monoisotopic (exact) mass is 592 g/mol. The second kappa shape index (κ2) is 11.2. The molecule has 0 atom stereocenters. The molecule has 0 unspecified atom stereocenters. The molecular formula is C29H32N6O6S. The summed E-state index contributed by atoms with van der Waals surface area (Å²) in [6.45, 7) is 4.26. The average Bonchev–Trinajstić information content (AvgIpc) is 3.09. The molecule has 3 aromatic rings. The third kappa shape index (κ3) is 4.92. The Morgan fingerprint density at radius 1 is 1.07 bits per heavy atom. The van der Waals surface area contributed by atoms with E-state index in [4.69, 9.17) is 9.47 Å². The van der Waals surface area contributed by atoms with Gasteiger partial charge in [-0.25, -0.2) is 23.2 Å². The van der Waals surface area contributed by atoms with Crippen LogP contribution in [0.25, 0.3) is 0 Å². The maximum atomic E-state index is 13.4. The molecule has 0 radical (unpaired) electrons. The number of ether oxygens (including phenoxy) is 2. The maximum Gasteiger partial charge on any atom is 0.338 e. The SMILES string of the molecule is CCN1c2ncc(CCOc3cccc4c3CCS(=O)(=O)N4C(=O)N3CCOCC3)cc2C(=O)N(C)c2cccnc21. The molecule has 1 saturated heterocycles. The van der Waals surface area contributed by atoms with Gasteiger partial charge in [-0.05, 0) is 49.2 Å². The third-order valence-electron chi connectivity index (χ3n) is 7.73. The predicted molar refractivity (Wildman–Crippen MR) is 157 cm³/mol. The fourth-order valence-electron chi connectivity index (χ4n) is 5.55. The normalized spacial score (nSPS) is 17.7. The van der Waals surface area contributed by atoms with Crippen LogP contribution in [0.5, 0.6) is 5.75 Å². The summed E-state index contributed by atoms with van der Waals surface area (Å²) in [4.78, 5) is 40.9. The molecule has 13 heteroatoms. The first-order chi connectivity index (χ1) is 20.3. The molecule has 42 heavy (non-hydrogen) atoms. The van der Waals surface area contributed by atoms with Crippen LogP contribution in [0.3, 0.4) is 0 Å². The molecule has 2 aromatic heterocycles. The maximum absolute atomic E-state index is 13.4. The summed E-state index contributed by atoms with van der Waals surface area (Å²) in [5.41, 5.74) is 3.01. The third-order valence-corrected chi connectivity index (χ3v) is 9.36. The highest BCUT2D eigenvalue weighted by Crippen LogP contribution is 2.38. The summed E-state index contributed by atoms with van der Waals surface area (Å²) in [5, 5.41) is 0. The number of hydrogen-bond donors (Lipinski definition) is 0. The number of aromatic nitrogens is 2. The largest absolute Gasteiger partial charge is 0.493 e. The lowest BCUT2D eigenvalue weighted by molar-refractivity contribution is 0.0556. The van der Waals surface area contributed by atoms with Crippen LogP contribution < -0.4 is 18.8 Å². The Kier molecular flexibility index (Phi) is 7.45. The van der Waals surface area contributed by atoms with E-state index in [2.05, 4.69) is 9.97 Å². The first-order valence-electron chi connectivity index (χ1n) is 13.9. The van der Waals surface area contributed by atoms with E-state index < -0.39 is 16.1 Å². The summed E-state index contributed by atoms with van der Waals surface area (Å²) < 4.78 is 38.4. The Morgan fingerprint density at radius 2 is 1.86 bits per heavy atom. The van der Waals surface area contributed by atoms with Crippen molar-refractivity contribution in [1.82, 2.24) is 14.9 Å². The van der Waals surface area contributed by atoms with Crippen molar-refractivity contribution in [3.05, 3.63) is 65.5 Å². The van der Waals surface area contributed by atoms with Gasteiger partial charge in [-0.15, -0.1) is 0 Å². The molecule has 3 amide bonds. The van der Waals surface area contributed by atoms with Gasteiger partial charge in [-0.3, -0.25) is 4.79 Å². The molecule has 12 nitrogen and oxygen atoms in total. The Hall–Kier alpha value is -4.23. The van der Waals surface area contributed by atoms with Crippen molar-refractivity contribution in [2.75, 3.05) is 66.4 Å². The van der Waals surface area contributed by atoms with Gasteiger partial charge >= 0.3 is 6.03 Å². The van der Waals surface area contributed by atoms with Crippen LogP contribution in [0.2, 0.25) is 0 Å². The van der Waals surface area contributed by atoms with Crippen molar-refractivity contribution in [2.24, 2.45) is 0 Å². The van der Waals surface area contributed by atoms with E-state index in [1.165, 1.54) is 4.90 Å². The number of fused-ring (bicyclic) bond motifs is 3. The number of nitrogens with zero attached hydrogens (tertiary/aromatic N) is 6. The summed E-state index contributed by atoms with van der Waals surface area (Å²) >= 11 is 0. The number of hydrogen-bond acceptors (Lipinski definition) is 9. The molecule has 0 N–H and O–H groups in total. The number of morpholine rings is 1. The number of rotatable bonds is 5. The first kappa shape index (κ1) is 27.9. The second-order valence-corrected chi connectivity index (χ2v) is 12.2. The van der Waals surface area contributed by atoms with Crippen LogP contribution in [-0.4, -0.2) is 87.5 Å². The number of amides is 3. The zero-order valence-corrected chi connectivity index (χ0v) is 24.3. The van der Waals surface area contributed by atoms with Crippen LogP contribution >= 0.6 is 0 Å². The molecule has 0 spiro atoms. The molecule has 1 aromatic carbocycles. The van der Waals surface area contributed by atoms with Crippen molar-refractivity contribution in [3.8, 4) is 5.75 Å². The number of carbonyl (C=O) groups is 2. The lowest BCUT2D eigenvalue weighted by Crippen LogP contribution is -2.52. The minimum absolute atomic E-state index is 0.172. The molecular weight excluding hydrogens is 560 g/mol. The van der Waals surface area contributed by atoms with Crippen LogP contribution in [0, 0.1) is 0 Å². The van der Waals surface area contributed by atoms with Crippen LogP contribution in [0.1, 0.15) is 28.4 Å². The zero-order valence-electron chi connectivity index (χ0n) is 23.5. The molecule has 3 aliphatic rings. The topological polar surface area (TPSA) is 125 Å². The first-order valence-corrected chi connectivity index (χ1v) is 15.5. The fraction of sp³-hybridized carbons (Fsp3) is 0.379. The average molecular weight is 593 g/mol. The number of carbonyl (C=O) groups excluding carboxylic acids is 2. The minimum atomic E-state index is -3.82. The van der Waals surface area contributed by atoms with Gasteiger partial charge in [0.05, 0.1) is 42.5 Å². The summed E-state index contributed by atoms with van der Waals surface area (Å²) in [5.74, 6) is 1.40. The van der Waals surface area contributed by atoms with Gasteiger partial charge in [0.2, 0.25) is 10.0 Å². The fourth-order valence-corrected chi connectivity index (χ4v) is 7.01. The van der Waals surface area contributed by atoms with Gasteiger partial charge < -0.3 is 24.2 Å². The summed E-state index contributed by atoms with van der Waals surface area (Å²) in [6, 6.07) is 10.1. The number of anilines is 4. The smallest absolute Gasteiger partial charge is 0.338 e. The van der Waals surface area contributed by atoms with Gasteiger partial charge in [0.25, 0.3) is 5.91 Å². The Balaban J connectivity index is 1.22. The van der Waals surface area contributed by atoms with Gasteiger partial charge in [0.1, 0.15) is 11.6 Å². The van der Waals surface area contributed by atoms with Crippen molar-refractivity contribution >= 4 is 45.0 Å². The lowest BCUT2D eigenvalue weighted by atomic mass is 10.1. The molecule has 0 saturated carbocycles.